The van der Waals surface area contributed by atoms with Gasteiger partial charge in [-0.3, -0.25) is 15.1 Å². The van der Waals surface area contributed by atoms with E-state index in [0.717, 1.165) is 42.4 Å². The van der Waals surface area contributed by atoms with E-state index in [4.69, 9.17) is 15.9 Å². The van der Waals surface area contributed by atoms with Crippen molar-refractivity contribution in [3.05, 3.63) is 59.7 Å². The highest BCUT2D eigenvalue weighted by Gasteiger charge is 2.28. The summed E-state index contributed by atoms with van der Waals surface area (Å²) < 4.78 is 4.79. The van der Waals surface area contributed by atoms with Crippen LogP contribution in [0.3, 0.4) is 0 Å². The molecular formula is C23H28ClN3O3. The average molecular weight is 430 g/mol. The van der Waals surface area contributed by atoms with Crippen molar-refractivity contribution >= 4 is 30.5 Å². The minimum Gasteiger partial charge on any atom is -0.469 e. The predicted octanol–water partition coefficient (Wildman–Crippen LogP) is 3.57. The van der Waals surface area contributed by atoms with Gasteiger partial charge in [0.1, 0.15) is 12.1 Å². The molecule has 2 atom stereocenters. The highest BCUT2D eigenvalue weighted by atomic mass is 35.5. The van der Waals surface area contributed by atoms with Gasteiger partial charge in [0.15, 0.2) is 0 Å². The number of hydrogen-bond donors (Lipinski definition) is 2. The van der Waals surface area contributed by atoms with Crippen LogP contribution in [0.25, 0.3) is 11.1 Å². The lowest BCUT2D eigenvalue weighted by atomic mass is 9.92. The predicted molar refractivity (Wildman–Crippen MR) is 120 cm³/mol. The van der Waals surface area contributed by atoms with Crippen molar-refractivity contribution in [1.82, 2.24) is 4.90 Å². The summed E-state index contributed by atoms with van der Waals surface area (Å²) in [4.78, 5) is 25.6. The average Bonchev–Trinajstić information content (AvgIpc) is 2.75. The normalized spacial score (nSPS) is 17.4. The molecule has 0 radical (unpaired) electrons. The summed E-state index contributed by atoms with van der Waals surface area (Å²) in [6.45, 7) is 1.56. The van der Waals surface area contributed by atoms with Crippen LogP contribution in [0.1, 0.15) is 36.4 Å². The number of rotatable bonds is 7. The number of nitrogens with zero attached hydrogens (tertiary/aromatic N) is 1. The maximum Gasteiger partial charge on any atom is 0.305 e. The molecule has 1 saturated heterocycles. The molecule has 160 valence electrons. The van der Waals surface area contributed by atoms with Crippen LogP contribution >= 0.6 is 12.4 Å². The molecule has 6 nitrogen and oxygen atoms in total. The molecule has 3 N–H and O–H groups in total. The Morgan fingerprint density at radius 2 is 1.80 bits per heavy atom. The number of carbonyl (C=O) groups is 2. The van der Waals surface area contributed by atoms with E-state index in [2.05, 4.69) is 4.90 Å². The molecule has 2 aromatic rings. The Morgan fingerprint density at radius 3 is 2.33 bits per heavy atom. The van der Waals surface area contributed by atoms with E-state index in [1.54, 1.807) is 0 Å². The SMILES string of the molecule is COC(=O)CC1CCCN(C(C=O)c2ccc(-c3ccc(C(=N)N)cc3)cc2)C1.Cl. The molecule has 0 amide bonds. The Hall–Kier alpha value is -2.70. The van der Waals surface area contributed by atoms with Gasteiger partial charge in [-0.05, 0) is 42.0 Å². The number of halogens is 1. The number of nitrogens with two attached hydrogens (primary N) is 1. The lowest BCUT2D eigenvalue weighted by Gasteiger charge is -2.36. The Bertz CT molecular complexity index is 868. The molecule has 30 heavy (non-hydrogen) atoms. The molecule has 0 bridgehead atoms. The smallest absolute Gasteiger partial charge is 0.305 e. The number of amidine groups is 1. The van der Waals surface area contributed by atoms with Crippen molar-refractivity contribution in [2.24, 2.45) is 11.7 Å². The summed E-state index contributed by atoms with van der Waals surface area (Å²) in [6.07, 6.45) is 3.32. The highest BCUT2D eigenvalue weighted by Crippen LogP contribution is 2.29. The van der Waals surface area contributed by atoms with E-state index in [-0.39, 0.29) is 36.2 Å². The third-order valence-electron chi connectivity index (χ3n) is 5.54. The lowest BCUT2D eigenvalue weighted by molar-refractivity contribution is -0.142. The second-order valence-corrected chi connectivity index (χ2v) is 7.48. The maximum absolute atomic E-state index is 11.9. The van der Waals surface area contributed by atoms with Gasteiger partial charge in [-0.25, -0.2) is 0 Å². The van der Waals surface area contributed by atoms with Crippen LogP contribution in [0.2, 0.25) is 0 Å². The topological polar surface area (TPSA) is 96.5 Å². The molecule has 2 aromatic carbocycles. The zero-order chi connectivity index (χ0) is 20.8. The third-order valence-corrected chi connectivity index (χ3v) is 5.54. The van der Waals surface area contributed by atoms with Gasteiger partial charge in [0.2, 0.25) is 0 Å². The van der Waals surface area contributed by atoms with Crippen LogP contribution in [0.5, 0.6) is 0 Å². The van der Waals surface area contributed by atoms with Crippen molar-refractivity contribution in [2.45, 2.75) is 25.3 Å². The number of methoxy groups -OCH3 is 1. The van der Waals surface area contributed by atoms with Crippen LogP contribution in [0, 0.1) is 11.3 Å². The standard InChI is InChI=1S/C23H27N3O3.ClH/c1-29-22(28)13-16-3-2-12-26(14-16)21(15-27)19-8-4-17(5-9-19)18-6-10-20(11-7-18)23(24)25;/h4-11,15-16,21H,2-3,12-14H2,1H3,(H3,24,25);1H. The van der Waals surface area contributed by atoms with Gasteiger partial charge in [0.05, 0.1) is 13.2 Å². The largest absolute Gasteiger partial charge is 0.469 e. The van der Waals surface area contributed by atoms with Gasteiger partial charge >= 0.3 is 5.97 Å². The van der Waals surface area contributed by atoms with Crippen LogP contribution < -0.4 is 5.73 Å². The van der Waals surface area contributed by atoms with E-state index in [1.807, 2.05) is 48.5 Å². The summed E-state index contributed by atoms with van der Waals surface area (Å²) in [6, 6.07) is 15.2. The number of aldehydes is 1. The molecule has 1 heterocycles. The summed E-state index contributed by atoms with van der Waals surface area (Å²) in [5.74, 6) is 0.0742. The fraction of sp³-hybridized carbons (Fsp3) is 0.348. The molecule has 1 fully saturated rings. The summed E-state index contributed by atoms with van der Waals surface area (Å²) >= 11 is 0. The molecule has 7 heteroatoms. The number of likely N-dealkylation sites (tertiary alicyclic amines) is 1. The number of hydrogen-bond acceptors (Lipinski definition) is 5. The number of esters is 1. The first kappa shape index (κ1) is 23.6. The van der Waals surface area contributed by atoms with Crippen molar-refractivity contribution in [1.29, 1.82) is 5.41 Å². The Labute approximate surface area is 183 Å². The molecule has 3 rings (SSSR count). The van der Waals surface area contributed by atoms with Gasteiger partial charge in [0.25, 0.3) is 0 Å². The number of benzene rings is 2. The molecule has 0 saturated carbocycles. The summed E-state index contributed by atoms with van der Waals surface area (Å²) in [5.41, 5.74) is 9.21. The van der Waals surface area contributed by atoms with Crippen molar-refractivity contribution in [3.63, 3.8) is 0 Å². The van der Waals surface area contributed by atoms with Crippen molar-refractivity contribution < 1.29 is 14.3 Å². The third kappa shape index (κ3) is 5.68. The second-order valence-electron chi connectivity index (χ2n) is 7.48. The molecule has 0 aromatic heterocycles. The first-order valence-corrected chi connectivity index (χ1v) is 9.82. The quantitative estimate of drug-likeness (QED) is 0.303. The van der Waals surface area contributed by atoms with Crippen LogP contribution in [0.4, 0.5) is 0 Å². The fourth-order valence-corrected chi connectivity index (χ4v) is 3.93. The maximum atomic E-state index is 11.9. The Balaban J connectivity index is 0.00000320. The zero-order valence-electron chi connectivity index (χ0n) is 17.0. The Morgan fingerprint density at radius 1 is 1.20 bits per heavy atom. The number of carbonyl (C=O) groups excluding carboxylic acids is 2. The molecule has 1 aliphatic rings. The van der Waals surface area contributed by atoms with E-state index < -0.39 is 0 Å². The van der Waals surface area contributed by atoms with Gasteiger partial charge < -0.3 is 15.3 Å². The first-order valence-electron chi connectivity index (χ1n) is 9.82. The van der Waals surface area contributed by atoms with Gasteiger partial charge in [0, 0.05) is 18.5 Å². The number of piperidine rings is 1. The molecule has 0 aliphatic carbocycles. The van der Waals surface area contributed by atoms with Crippen molar-refractivity contribution in [2.75, 3.05) is 20.2 Å². The number of nitrogen functional groups attached to an aromatic ring is 1. The van der Waals surface area contributed by atoms with E-state index in [9.17, 15) is 9.59 Å². The first-order chi connectivity index (χ1) is 14.0. The monoisotopic (exact) mass is 429 g/mol. The zero-order valence-corrected chi connectivity index (χ0v) is 17.9. The molecule has 2 unspecified atom stereocenters. The Kier molecular flexibility index (Phi) is 8.57. The molecule has 0 spiro atoms. The molecule has 1 aliphatic heterocycles. The fourth-order valence-electron chi connectivity index (χ4n) is 3.93. The minimum absolute atomic E-state index is 0. The second kappa shape index (κ2) is 10.9. The number of nitrogens with one attached hydrogen (secondary N) is 1. The van der Waals surface area contributed by atoms with E-state index >= 15 is 0 Å². The van der Waals surface area contributed by atoms with Gasteiger partial charge in [-0.2, -0.15) is 0 Å². The summed E-state index contributed by atoms with van der Waals surface area (Å²) in [7, 11) is 1.41. The van der Waals surface area contributed by atoms with E-state index in [0.29, 0.717) is 18.5 Å². The minimum atomic E-state index is -0.315. The van der Waals surface area contributed by atoms with E-state index in [1.165, 1.54) is 7.11 Å². The van der Waals surface area contributed by atoms with Crippen LogP contribution in [0.15, 0.2) is 48.5 Å². The van der Waals surface area contributed by atoms with Crippen LogP contribution in [-0.4, -0.2) is 43.2 Å². The summed E-state index contributed by atoms with van der Waals surface area (Å²) in [5, 5.41) is 7.48. The number of ether oxygens (including phenoxy) is 1. The van der Waals surface area contributed by atoms with Crippen LogP contribution in [-0.2, 0) is 14.3 Å². The van der Waals surface area contributed by atoms with Crippen molar-refractivity contribution in [3.8, 4) is 11.1 Å². The molecular weight excluding hydrogens is 402 g/mol. The highest BCUT2D eigenvalue weighted by molar-refractivity contribution is 5.95. The van der Waals surface area contributed by atoms with Gasteiger partial charge in [-0.15, -0.1) is 12.4 Å². The lowest BCUT2D eigenvalue weighted by Crippen LogP contribution is -2.39. The van der Waals surface area contributed by atoms with Gasteiger partial charge in [-0.1, -0.05) is 48.5 Å².